The van der Waals surface area contributed by atoms with Crippen molar-refractivity contribution in [3.05, 3.63) is 136 Å². The van der Waals surface area contributed by atoms with Crippen LogP contribution in [-0.2, 0) is 4.75 Å². The van der Waals surface area contributed by atoms with Crippen LogP contribution in [0, 0.1) is 6.92 Å². The number of benzene rings is 4. The normalized spacial score (nSPS) is 11.4. The number of hydrogen-bond acceptors (Lipinski definition) is 1. The van der Waals surface area contributed by atoms with Crippen molar-refractivity contribution in [2.45, 2.75) is 16.6 Å². The fraction of sp³-hybridized carbons (Fsp3) is 0.0769. The molecule has 0 spiro atoms. The zero-order valence-corrected chi connectivity index (χ0v) is 18.1. The van der Waals surface area contributed by atoms with Gasteiger partial charge in [0.15, 0.2) is 0 Å². The Hall–Kier alpha value is -2.29. The molecule has 0 aliphatic carbocycles. The van der Waals surface area contributed by atoms with Crippen LogP contribution in [0.15, 0.2) is 119 Å². The first kappa shape index (κ1) is 19.0. The Kier molecular flexibility index (Phi) is 5.70. The summed E-state index contributed by atoms with van der Waals surface area (Å²) < 4.78 is 0.755. The van der Waals surface area contributed by atoms with Crippen LogP contribution in [0.1, 0.15) is 22.3 Å². The van der Waals surface area contributed by atoms with Crippen molar-refractivity contribution in [3.63, 3.8) is 0 Å². The molecule has 4 aromatic carbocycles. The van der Waals surface area contributed by atoms with Crippen LogP contribution in [-0.4, -0.2) is 0 Å². The van der Waals surface area contributed by atoms with E-state index in [0.29, 0.717) is 0 Å². The Morgan fingerprint density at radius 2 is 1.04 bits per heavy atom. The van der Waals surface area contributed by atoms with Gasteiger partial charge in [0.1, 0.15) is 0 Å². The highest BCUT2D eigenvalue weighted by Gasteiger charge is 2.37. The molecule has 4 rings (SSSR count). The van der Waals surface area contributed by atoms with Gasteiger partial charge in [-0.1, -0.05) is 106 Å². The van der Waals surface area contributed by atoms with E-state index >= 15 is 0 Å². The van der Waals surface area contributed by atoms with Gasteiger partial charge in [-0.15, -0.1) is 11.8 Å². The molecule has 0 aliphatic rings. The minimum Gasteiger partial charge on any atom is -0.105 e. The fourth-order valence-electron chi connectivity index (χ4n) is 3.49. The van der Waals surface area contributed by atoms with Gasteiger partial charge in [0.2, 0.25) is 0 Å². The maximum absolute atomic E-state index is 3.59. The average Bonchev–Trinajstić information content (AvgIpc) is 2.75. The van der Waals surface area contributed by atoms with Crippen molar-refractivity contribution in [1.82, 2.24) is 0 Å². The Bertz CT molecular complexity index is 984. The van der Waals surface area contributed by atoms with Crippen LogP contribution in [0.3, 0.4) is 0 Å². The fourth-order valence-corrected chi connectivity index (χ4v) is 5.14. The van der Waals surface area contributed by atoms with Crippen molar-refractivity contribution >= 4 is 27.7 Å². The first-order valence-electron chi connectivity index (χ1n) is 9.31. The number of hydrogen-bond donors (Lipinski definition) is 0. The molecule has 0 bridgehead atoms. The van der Waals surface area contributed by atoms with Gasteiger partial charge in [-0.05, 0) is 47.9 Å². The van der Waals surface area contributed by atoms with Crippen molar-refractivity contribution < 1.29 is 0 Å². The first-order valence-corrected chi connectivity index (χ1v) is 10.9. The van der Waals surface area contributed by atoms with Gasteiger partial charge in [-0.3, -0.25) is 0 Å². The minimum absolute atomic E-state index is 0.335. The average molecular weight is 445 g/mol. The zero-order valence-electron chi connectivity index (χ0n) is 15.7. The second kappa shape index (κ2) is 8.38. The third-order valence-electron chi connectivity index (χ3n) is 4.90. The topological polar surface area (TPSA) is 0 Å². The van der Waals surface area contributed by atoms with E-state index in [1.54, 1.807) is 0 Å². The van der Waals surface area contributed by atoms with E-state index in [-0.39, 0.29) is 4.75 Å². The molecule has 28 heavy (non-hydrogen) atoms. The Labute approximate surface area is 179 Å². The minimum atomic E-state index is -0.335. The van der Waals surface area contributed by atoms with E-state index in [2.05, 4.69) is 132 Å². The quantitative estimate of drug-likeness (QED) is 0.223. The smallest absolute Gasteiger partial charge is 0.0954 e. The molecule has 0 nitrogen and oxygen atoms in total. The molecule has 0 amide bonds. The Morgan fingerprint density at radius 1 is 0.571 bits per heavy atom. The summed E-state index contributed by atoms with van der Waals surface area (Å²) in [5.74, 6) is 0. The molecule has 0 fully saturated rings. The zero-order chi connectivity index (χ0) is 19.4. The number of halogens is 1. The third kappa shape index (κ3) is 3.80. The number of aryl methyl sites for hydroxylation is 1. The maximum Gasteiger partial charge on any atom is 0.0954 e. The summed E-state index contributed by atoms with van der Waals surface area (Å²) in [7, 11) is 0. The van der Waals surface area contributed by atoms with Crippen molar-refractivity contribution in [3.8, 4) is 0 Å². The summed E-state index contributed by atoms with van der Waals surface area (Å²) in [5.41, 5.74) is 5.08. The Balaban J connectivity index is 1.99. The summed E-state index contributed by atoms with van der Waals surface area (Å²) in [6.45, 7) is 2.13. The maximum atomic E-state index is 3.59. The third-order valence-corrected chi connectivity index (χ3v) is 6.95. The molecule has 0 heterocycles. The molecular formula is C26H21BrS. The van der Waals surface area contributed by atoms with Gasteiger partial charge >= 0.3 is 0 Å². The lowest BCUT2D eigenvalue weighted by atomic mass is 9.84. The van der Waals surface area contributed by atoms with Gasteiger partial charge in [-0.25, -0.2) is 0 Å². The van der Waals surface area contributed by atoms with Crippen molar-refractivity contribution in [2.75, 3.05) is 0 Å². The van der Waals surface area contributed by atoms with E-state index in [1.807, 2.05) is 11.8 Å². The van der Waals surface area contributed by atoms with E-state index in [4.69, 9.17) is 0 Å². The van der Waals surface area contributed by atoms with E-state index in [9.17, 15) is 0 Å². The molecule has 0 saturated carbocycles. The molecule has 0 radical (unpaired) electrons. The standard InChI is InChI=1S/C26H21BrS/c1-20-12-18-25(19-13-20)28-26(21-8-4-2-5-9-21,22-10-6-3-7-11-22)23-14-16-24(27)17-15-23/h2-19H,1H3. The van der Waals surface area contributed by atoms with Crippen LogP contribution in [0.25, 0.3) is 0 Å². The van der Waals surface area contributed by atoms with Gasteiger partial charge in [0, 0.05) is 9.37 Å². The van der Waals surface area contributed by atoms with Crippen LogP contribution < -0.4 is 0 Å². The predicted octanol–water partition coefficient (Wildman–Crippen LogP) is 7.84. The van der Waals surface area contributed by atoms with Crippen LogP contribution in [0.5, 0.6) is 0 Å². The molecule has 2 heteroatoms. The molecule has 0 aliphatic heterocycles. The molecule has 0 saturated heterocycles. The number of thioether (sulfide) groups is 1. The summed E-state index contributed by atoms with van der Waals surface area (Å²) in [5, 5.41) is 0. The molecule has 4 aromatic rings. The summed E-state index contributed by atoms with van der Waals surface area (Å²) in [6, 6.07) is 39.1. The summed E-state index contributed by atoms with van der Waals surface area (Å²) >= 11 is 5.49. The molecule has 0 aromatic heterocycles. The molecule has 0 N–H and O–H groups in total. The van der Waals surface area contributed by atoms with Crippen LogP contribution in [0.2, 0.25) is 0 Å². The van der Waals surface area contributed by atoms with Gasteiger partial charge in [-0.2, -0.15) is 0 Å². The molecule has 138 valence electrons. The first-order chi connectivity index (χ1) is 13.7. The summed E-state index contributed by atoms with van der Waals surface area (Å²) in [4.78, 5) is 1.25. The van der Waals surface area contributed by atoms with Gasteiger partial charge < -0.3 is 0 Å². The lowest BCUT2D eigenvalue weighted by Crippen LogP contribution is -2.25. The number of rotatable bonds is 5. The van der Waals surface area contributed by atoms with Gasteiger partial charge in [0.25, 0.3) is 0 Å². The lowest BCUT2D eigenvalue weighted by molar-refractivity contribution is 0.893. The molecule has 0 atom stereocenters. The monoisotopic (exact) mass is 444 g/mol. The van der Waals surface area contributed by atoms with Crippen LogP contribution in [0.4, 0.5) is 0 Å². The van der Waals surface area contributed by atoms with E-state index in [0.717, 1.165) is 4.47 Å². The largest absolute Gasteiger partial charge is 0.105 e. The highest BCUT2D eigenvalue weighted by molar-refractivity contribution is 9.10. The van der Waals surface area contributed by atoms with E-state index < -0.39 is 0 Å². The van der Waals surface area contributed by atoms with Gasteiger partial charge in [0.05, 0.1) is 4.75 Å². The van der Waals surface area contributed by atoms with Crippen molar-refractivity contribution in [2.24, 2.45) is 0 Å². The predicted molar refractivity (Wildman–Crippen MR) is 124 cm³/mol. The highest BCUT2D eigenvalue weighted by Crippen LogP contribution is 2.51. The summed E-state index contributed by atoms with van der Waals surface area (Å²) in [6.07, 6.45) is 0. The van der Waals surface area contributed by atoms with Crippen LogP contribution >= 0.6 is 27.7 Å². The second-order valence-corrected chi connectivity index (χ2v) is 9.04. The Morgan fingerprint density at radius 3 is 1.54 bits per heavy atom. The second-order valence-electron chi connectivity index (χ2n) is 6.84. The lowest BCUT2D eigenvalue weighted by Gasteiger charge is -2.35. The molecular weight excluding hydrogens is 424 g/mol. The molecule has 0 unspecified atom stereocenters. The van der Waals surface area contributed by atoms with E-state index in [1.165, 1.54) is 27.1 Å². The highest BCUT2D eigenvalue weighted by atomic mass is 79.9. The SMILES string of the molecule is Cc1ccc(SC(c2ccccc2)(c2ccccc2)c2ccc(Br)cc2)cc1. The van der Waals surface area contributed by atoms with Crippen molar-refractivity contribution in [1.29, 1.82) is 0 Å².